The Balaban J connectivity index is 1.88. The normalized spacial score (nSPS) is 11.2. The number of nitro groups is 1. The maximum absolute atomic E-state index is 11.0. The molecule has 1 aromatic carbocycles. The van der Waals surface area contributed by atoms with Crippen molar-refractivity contribution in [1.29, 1.82) is 0 Å². The van der Waals surface area contributed by atoms with Crippen LogP contribution in [0.3, 0.4) is 0 Å². The van der Waals surface area contributed by atoms with E-state index < -0.39 is 4.92 Å². The lowest BCUT2D eigenvalue weighted by Crippen LogP contribution is -1.90. The fourth-order valence-electron chi connectivity index (χ4n) is 2.12. The third-order valence-electron chi connectivity index (χ3n) is 3.20. The molecule has 0 unspecified atom stereocenters. The molecule has 0 aliphatic carbocycles. The summed E-state index contributed by atoms with van der Waals surface area (Å²) in [7, 11) is 0. The molecule has 3 rings (SSSR count). The first kappa shape index (κ1) is 15.1. The number of benzene rings is 1. The average Bonchev–Trinajstić information content (AvgIpc) is 3.12. The summed E-state index contributed by atoms with van der Waals surface area (Å²) < 4.78 is 10.6. The lowest BCUT2D eigenvalue weighted by molar-refractivity contribution is -0.386. The Hall–Kier alpha value is -2.86. The molecule has 0 aliphatic heterocycles. The van der Waals surface area contributed by atoms with Gasteiger partial charge in [0.15, 0.2) is 5.69 Å². The van der Waals surface area contributed by atoms with Crippen LogP contribution in [0.1, 0.15) is 17.2 Å². The SMILES string of the molecule is Cc1noc(/C=C/c2ccc(-c3ccccc3Cl)o2)c1[N+](=O)[O-]. The number of rotatable bonds is 4. The second-order valence-corrected chi connectivity index (χ2v) is 5.16. The Labute approximate surface area is 136 Å². The highest BCUT2D eigenvalue weighted by molar-refractivity contribution is 6.33. The van der Waals surface area contributed by atoms with E-state index in [1.54, 1.807) is 24.3 Å². The first-order chi connectivity index (χ1) is 11.1. The highest BCUT2D eigenvalue weighted by atomic mass is 35.5. The van der Waals surface area contributed by atoms with Crippen LogP contribution >= 0.6 is 11.6 Å². The molecule has 0 spiro atoms. The van der Waals surface area contributed by atoms with Crippen LogP contribution in [0.25, 0.3) is 23.5 Å². The predicted octanol–water partition coefficient (Wildman–Crippen LogP) is 4.98. The van der Waals surface area contributed by atoms with Crippen LogP contribution in [0.4, 0.5) is 5.69 Å². The smallest absolute Gasteiger partial charge is 0.338 e. The molecule has 2 heterocycles. The van der Waals surface area contributed by atoms with Crippen molar-refractivity contribution in [3.8, 4) is 11.3 Å². The van der Waals surface area contributed by atoms with E-state index >= 15 is 0 Å². The largest absolute Gasteiger partial charge is 0.457 e. The van der Waals surface area contributed by atoms with Crippen LogP contribution < -0.4 is 0 Å². The molecule has 2 aromatic heterocycles. The van der Waals surface area contributed by atoms with Gasteiger partial charge in [0, 0.05) is 5.56 Å². The van der Waals surface area contributed by atoms with Gasteiger partial charge in [-0.3, -0.25) is 10.1 Å². The molecular weight excluding hydrogens is 320 g/mol. The maximum atomic E-state index is 11.0. The zero-order valence-electron chi connectivity index (χ0n) is 12.0. The fraction of sp³-hybridized carbons (Fsp3) is 0.0625. The van der Waals surface area contributed by atoms with Crippen LogP contribution in [-0.2, 0) is 0 Å². The average molecular weight is 331 g/mol. The molecule has 7 heteroatoms. The van der Waals surface area contributed by atoms with Gasteiger partial charge >= 0.3 is 5.69 Å². The minimum atomic E-state index is -0.525. The Morgan fingerprint density at radius 2 is 2.00 bits per heavy atom. The third kappa shape index (κ3) is 3.02. The summed E-state index contributed by atoms with van der Waals surface area (Å²) in [6.07, 6.45) is 3.03. The summed E-state index contributed by atoms with van der Waals surface area (Å²) in [6, 6.07) is 10.8. The first-order valence-corrected chi connectivity index (χ1v) is 7.07. The van der Waals surface area contributed by atoms with Crippen LogP contribution in [0, 0.1) is 17.0 Å². The predicted molar refractivity (Wildman–Crippen MR) is 86.0 cm³/mol. The summed E-state index contributed by atoms with van der Waals surface area (Å²) in [4.78, 5) is 10.5. The molecule has 0 bridgehead atoms. The molecule has 0 saturated carbocycles. The van der Waals surface area contributed by atoms with Crippen molar-refractivity contribution in [3.05, 3.63) is 68.7 Å². The van der Waals surface area contributed by atoms with E-state index in [4.69, 9.17) is 20.5 Å². The zero-order chi connectivity index (χ0) is 16.4. The van der Waals surface area contributed by atoms with Gasteiger partial charge in [-0.05, 0) is 43.3 Å². The number of aryl methyl sites for hydroxylation is 1. The van der Waals surface area contributed by atoms with Crippen LogP contribution in [0.2, 0.25) is 5.02 Å². The number of hydrogen-bond acceptors (Lipinski definition) is 5. The Bertz CT molecular complexity index is 895. The van der Waals surface area contributed by atoms with Crippen LogP contribution in [0.5, 0.6) is 0 Å². The van der Waals surface area contributed by atoms with Crippen molar-refractivity contribution in [2.24, 2.45) is 0 Å². The van der Waals surface area contributed by atoms with E-state index in [-0.39, 0.29) is 17.1 Å². The lowest BCUT2D eigenvalue weighted by atomic mass is 10.2. The second kappa shape index (κ2) is 6.10. The molecule has 0 aliphatic rings. The van der Waals surface area contributed by atoms with Crippen molar-refractivity contribution in [2.75, 3.05) is 0 Å². The summed E-state index contributed by atoms with van der Waals surface area (Å²) in [5.41, 5.74) is 0.847. The second-order valence-electron chi connectivity index (χ2n) is 4.75. The van der Waals surface area contributed by atoms with Gasteiger partial charge in [-0.1, -0.05) is 28.9 Å². The minimum Gasteiger partial charge on any atom is -0.457 e. The Morgan fingerprint density at radius 3 is 2.74 bits per heavy atom. The Morgan fingerprint density at radius 1 is 1.22 bits per heavy atom. The maximum Gasteiger partial charge on any atom is 0.338 e. The van der Waals surface area contributed by atoms with Crippen molar-refractivity contribution in [2.45, 2.75) is 6.92 Å². The number of nitrogens with zero attached hydrogens (tertiary/aromatic N) is 2. The summed E-state index contributed by atoms with van der Waals surface area (Å²) in [5.74, 6) is 1.20. The van der Waals surface area contributed by atoms with E-state index in [0.29, 0.717) is 16.5 Å². The molecule has 3 aromatic rings. The first-order valence-electron chi connectivity index (χ1n) is 6.70. The summed E-state index contributed by atoms with van der Waals surface area (Å²) in [6.45, 7) is 1.52. The molecule has 0 atom stereocenters. The van der Waals surface area contributed by atoms with Crippen molar-refractivity contribution >= 4 is 29.4 Å². The Kier molecular flexibility index (Phi) is 3.99. The molecule has 0 amide bonds. The van der Waals surface area contributed by atoms with E-state index in [9.17, 15) is 10.1 Å². The summed E-state index contributed by atoms with van der Waals surface area (Å²) in [5, 5.41) is 15.2. The van der Waals surface area contributed by atoms with Gasteiger partial charge in [0.25, 0.3) is 0 Å². The van der Waals surface area contributed by atoms with Gasteiger partial charge in [-0.15, -0.1) is 0 Å². The highest BCUT2D eigenvalue weighted by Crippen LogP contribution is 2.30. The van der Waals surface area contributed by atoms with Crippen LogP contribution in [-0.4, -0.2) is 10.1 Å². The van der Waals surface area contributed by atoms with Crippen molar-refractivity contribution < 1.29 is 13.9 Å². The van der Waals surface area contributed by atoms with E-state index in [1.165, 1.54) is 13.0 Å². The molecular formula is C16H11ClN2O4. The van der Waals surface area contributed by atoms with E-state index in [2.05, 4.69) is 5.16 Å². The number of halogens is 1. The molecule has 116 valence electrons. The third-order valence-corrected chi connectivity index (χ3v) is 3.53. The van der Waals surface area contributed by atoms with Gasteiger partial charge in [-0.25, -0.2) is 0 Å². The topological polar surface area (TPSA) is 82.3 Å². The monoisotopic (exact) mass is 330 g/mol. The highest BCUT2D eigenvalue weighted by Gasteiger charge is 2.22. The van der Waals surface area contributed by atoms with E-state index in [1.807, 2.05) is 18.2 Å². The van der Waals surface area contributed by atoms with E-state index in [0.717, 1.165) is 5.56 Å². The molecule has 0 fully saturated rings. The summed E-state index contributed by atoms with van der Waals surface area (Å²) >= 11 is 6.12. The number of hydrogen-bond donors (Lipinski definition) is 0. The zero-order valence-corrected chi connectivity index (χ0v) is 12.8. The number of furan rings is 1. The lowest BCUT2D eigenvalue weighted by Gasteiger charge is -1.98. The van der Waals surface area contributed by atoms with Gasteiger partial charge in [0.2, 0.25) is 5.76 Å². The number of aromatic nitrogens is 1. The van der Waals surface area contributed by atoms with Crippen molar-refractivity contribution in [1.82, 2.24) is 5.16 Å². The van der Waals surface area contributed by atoms with Gasteiger partial charge in [0.1, 0.15) is 11.5 Å². The van der Waals surface area contributed by atoms with Gasteiger partial charge in [-0.2, -0.15) is 0 Å². The molecule has 0 saturated heterocycles. The fourth-order valence-corrected chi connectivity index (χ4v) is 2.35. The quantitative estimate of drug-likeness (QED) is 0.498. The standard InChI is InChI=1S/C16H11ClN2O4/c1-10-16(19(20)21)15(23-18-10)9-7-11-6-8-14(22-11)12-4-2-3-5-13(12)17/h2-9H,1H3/b9-7+. The minimum absolute atomic E-state index is 0.0724. The molecule has 23 heavy (non-hydrogen) atoms. The molecule has 6 nitrogen and oxygen atoms in total. The van der Waals surface area contributed by atoms with Crippen molar-refractivity contribution in [3.63, 3.8) is 0 Å². The molecule has 0 N–H and O–H groups in total. The van der Waals surface area contributed by atoms with Gasteiger partial charge in [0.05, 0.1) is 9.95 Å². The van der Waals surface area contributed by atoms with Crippen LogP contribution in [0.15, 0.2) is 45.3 Å². The van der Waals surface area contributed by atoms with Gasteiger partial charge < -0.3 is 8.94 Å². The molecule has 0 radical (unpaired) electrons.